The molecule has 18 heavy (non-hydrogen) atoms. The molecule has 1 fully saturated rings. The van der Waals surface area contributed by atoms with Gasteiger partial charge in [-0.25, -0.2) is 9.69 Å². The third-order valence-electron chi connectivity index (χ3n) is 2.84. The zero-order valence-electron chi connectivity index (χ0n) is 11.6. The van der Waals surface area contributed by atoms with Gasteiger partial charge in [-0.2, -0.15) is 0 Å². The second kappa shape index (κ2) is 6.03. The van der Waals surface area contributed by atoms with Crippen LogP contribution in [0.2, 0.25) is 0 Å². The van der Waals surface area contributed by atoms with Crippen LogP contribution in [0.3, 0.4) is 0 Å². The van der Waals surface area contributed by atoms with Gasteiger partial charge in [0.05, 0.1) is 0 Å². The summed E-state index contributed by atoms with van der Waals surface area (Å²) in [5.74, 6) is -0.131. The molecular formula is C14H23NO3. The maximum Gasteiger partial charge on any atom is 0.417 e. The lowest BCUT2D eigenvalue weighted by Crippen LogP contribution is -2.46. The maximum absolute atomic E-state index is 12.1. The number of ether oxygens (including phenoxy) is 1. The van der Waals surface area contributed by atoms with Gasteiger partial charge in [-0.1, -0.05) is 12.5 Å². The fourth-order valence-electron chi connectivity index (χ4n) is 2.09. The van der Waals surface area contributed by atoms with Gasteiger partial charge in [0.25, 0.3) is 0 Å². The summed E-state index contributed by atoms with van der Waals surface area (Å²) in [6.07, 6.45) is 4.91. The van der Waals surface area contributed by atoms with Crippen LogP contribution in [0.5, 0.6) is 0 Å². The van der Waals surface area contributed by atoms with E-state index in [2.05, 4.69) is 6.58 Å². The first-order valence-corrected chi connectivity index (χ1v) is 6.51. The van der Waals surface area contributed by atoms with E-state index in [1.807, 2.05) is 0 Å². The first kappa shape index (κ1) is 14.7. The topological polar surface area (TPSA) is 46.6 Å². The van der Waals surface area contributed by atoms with Crippen LogP contribution in [-0.2, 0) is 9.53 Å². The Morgan fingerprint density at radius 2 is 2.17 bits per heavy atom. The van der Waals surface area contributed by atoms with Crippen molar-refractivity contribution in [3.63, 3.8) is 0 Å². The van der Waals surface area contributed by atoms with Crippen LogP contribution in [0.1, 0.15) is 52.9 Å². The van der Waals surface area contributed by atoms with Crippen molar-refractivity contribution >= 4 is 12.0 Å². The fraction of sp³-hybridized carbons (Fsp3) is 0.714. The third kappa shape index (κ3) is 4.17. The SMILES string of the molecule is C=CCC1CCCCC(=O)N1C(=O)OC(C)(C)C. The minimum absolute atomic E-state index is 0.104. The molecule has 1 aliphatic heterocycles. The van der Waals surface area contributed by atoms with Crippen molar-refractivity contribution in [1.82, 2.24) is 4.90 Å². The van der Waals surface area contributed by atoms with E-state index in [4.69, 9.17) is 4.74 Å². The Bertz CT molecular complexity index is 330. The second-order valence-electron chi connectivity index (χ2n) is 5.67. The Labute approximate surface area is 109 Å². The van der Waals surface area contributed by atoms with E-state index in [-0.39, 0.29) is 11.9 Å². The lowest BCUT2D eigenvalue weighted by atomic mass is 10.1. The van der Waals surface area contributed by atoms with E-state index in [9.17, 15) is 9.59 Å². The smallest absolute Gasteiger partial charge is 0.417 e. The van der Waals surface area contributed by atoms with Gasteiger partial charge in [-0.05, 0) is 40.0 Å². The summed E-state index contributed by atoms with van der Waals surface area (Å²) >= 11 is 0. The molecule has 2 amide bonds. The van der Waals surface area contributed by atoms with E-state index in [0.717, 1.165) is 19.3 Å². The number of nitrogens with zero attached hydrogens (tertiary/aromatic N) is 1. The van der Waals surface area contributed by atoms with Gasteiger partial charge >= 0.3 is 6.09 Å². The third-order valence-corrected chi connectivity index (χ3v) is 2.84. The molecule has 0 bridgehead atoms. The average molecular weight is 253 g/mol. The van der Waals surface area contributed by atoms with Crippen LogP contribution in [-0.4, -0.2) is 28.5 Å². The van der Waals surface area contributed by atoms with Crippen LogP contribution in [0.4, 0.5) is 4.79 Å². The van der Waals surface area contributed by atoms with Crippen molar-refractivity contribution in [2.24, 2.45) is 0 Å². The van der Waals surface area contributed by atoms with Gasteiger partial charge in [-0.3, -0.25) is 4.79 Å². The number of hydrogen-bond donors (Lipinski definition) is 0. The molecular weight excluding hydrogens is 230 g/mol. The number of imide groups is 1. The molecule has 1 unspecified atom stereocenters. The Hall–Kier alpha value is -1.32. The highest BCUT2D eigenvalue weighted by molar-refractivity contribution is 5.92. The van der Waals surface area contributed by atoms with E-state index in [1.165, 1.54) is 4.90 Å². The summed E-state index contributed by atoms with van der Waals surface area (Å²) in [4.78, 5) is 25.4. The molecule has 0 aromatic carbocycles. The van der Waals surface area contributed by atoms with Crippen LogP contribution in [0.15, 0.2) is 12.7 Å². The molecule has 1 saturated heterocycles. The molecule has 0 N–H and O–H groups in total. The summed E-state index contributed by atoms with van der Waals surface area (Å²) in [6, 6.07) is -0.104. The molecule has 1 heterocycles. The van der Waals surface area contributed by atoms with Crippen molar-refractivity contribution in [2.45, 2.75) is 64.5 Å². The van der Waals surface area contributed by atoms with Crippen molar-refractivity contribution in [3.05, 3.63) is 12.7 Å². The highest BCUT2D eigenvalue weighted by Gasteiger charge is 2.33. The molecule has 0 spiro atoms. The monoisotopic (exact) mass is 253 g/mol. The van der Waals surface area contributed by atoms with Crippen molar-refractivity contribution < 1.29 is 14.3 Å². The number of hydrogen-bond acceptors (Lipinski definition) is 3. The van der Waals surface area contributed by atoms with Gasteiger partial charge in [0, 0.05) is 12.5 Å². The van der Waals surface area contributed by atoms with Crippen LogP contribution in [0, 0.1) is 0 Å². The molecule has 1 rings (SSSR count). The Kier molecular flexibility index (Phi) is 4.93. The largest absolute Gasteiger partial charge is 0.443 e. The molecule has 0 aromatic heterocycles. The highest BCUT2D eigenvalue weighted by atomic mass is 16.6. The average Bonchev–Trinajstić information content (AvgIpc) is 2.38. The number of rotatable bonds is 2. The maximum atomic E-state index is 12.1. The summed E-state index contributed by atoms with van der Waals surface area (Å²) in [7, 11) is 0. The Morgan fingerprint density at radius 1 is 1.50 bits per heavy atom. The van der Waals surface area contributed by atoms with Gasteiger partial charge in [0.1, 0.15) is 5.60 Å². The van der Waals surface area contributed by atoms with Crippen molar-refractivity contribution in [1.29, 1.82) is 0 Å². The molecule has 4 nitrogen and oxygen atoms in total. The number of carbonyl (C=O) groups is 2. The number of amides is 2. The normalized spacial score (nSPS) is 21.4. The summed E-state index contributed by atoms with van der Waals surface area (Å²) in [5, 5.41) is 0. The van der Waals surface area contributed by atoms with Crippen LogP contribution >= 0.6 is 0 Å². The van der Waals surface area contributed by atoms with Gasteiger partial charge in [0.15, 0.2) is 0 Å². The predicted molar refractivity (Wildman–Crippen MR) is 70.2 cm³/mol. The van der Waals surface area contributed by atoms with Gasteiger partial charge < -0.3 is 4.74 Å². The van der Waals surface area contributed by atoms with E-state index < -0.39 is 11.7 Å². The molecule has 1 atom stereocenters. The van der Waals surface area contributed by atoms with E-state index in [0.29, 0.717) is 12.8 Å². The van der Waals surface area contributed by atoms with Crippen LogP contribution in [0.25, 0.3) is 0 Å². The number of likely N-dealkylation sites (tertiary alicyclic amines) is 1. The fourth-order valence-corrected chi connectivity index (χ4v) is 2.09. The first-order valence-electron chi connectivity index (χ1n) is 6.51. The van der Waals surface area contributed by atoms with Gasteiger partial charge in [-0.15, -0.1) is 6.58 Å². The molecule has 102 valence electrons. The quantitative estimate of drug-likeness (QED) is 0.709. The molecule has 1 aliphatic rings. The zero-order chi connectivity index (χ0) is 13.8. The van der Waals surface area contributed by atoms with E-state index >= 15 is 0 Å². The number of carbonyl (C=O) groups excluding carboxylic acids is 2. The minimum atomic E-state index is -0.581. The molecule has 0 aliphatic carbocycles. The Balaban J connectivity index is 2.85. The van der Waals surface area contributed by atoms with Crippen molar-refractivity contribution in [3.8, 4) is 0 Å². The Morgan fingerprint density at radius 3 is 2.72 bits per heavy atom. The molecule has 0 aromatic rings. The molecule has 0 saturated carbocycles. The van der Waals surface area contributed by atoms with Crippen molar-refractivity contribution in [2.75, 3.05) is 0 Å². The predicted octanol–water partition coefficient (Wildman–Crippen LogP) is 3.27. The summed E-state index contributed by atoms with van der Waals surface area (Å²) < 4.78 is 5.31. The van der Waals surface area contributed by atoms with Gasteiger partial charge in [0.2, 0.25) is 5.91 Å². The lowest BCUT2D eigenvalue weighted by Gasteiger charge is -2.30. The molecule has 4 heteroatoms. The second-order valence-corrected chi connectivity index (χ2v) is 5.67. The first-order chi connectivity index (χ1) is 8.35. The van der Waals surface area contributed by atoms with E-state index in [1.54, 1.807) is 26.8 Å². The summed E-state index contributed by atoms with van der Waals surface area (Å²) in [6.45, 7) is 9.09. The summed E-state index contributed by atoms with van der Waals surface area (Å²) in [5.41, 5.74) is -0.581. The van der Waals surface area contributed by atoms with Crippen LogP contribution < -0.4 is 0 Å². The zero-order valence-corrected chi connectivity index (χ0v) is 11.6. The standard InChI is InChI=1S/C14H23NO3/c1-5-8-11-9-6-7-10-12(16)15(11)13(17)18-14(2,3)4/h5,11H,1,6-10H2,2-4H3. The molecule has 0 radical (unpaired) electrons. The lowest BCUT2D eigenvalue weighted by molar-refractivity contribution is -0.131. The minimum Gasteiger partial charge on any atom is -0.443 e. The highest BCUT2D eigenvalue weighted by Crippen LogP contribution is 2.23.